The highest BCUT2D eigenvalue weighted by molar-refractivity contribution is 5.78. The van der Waals surface area contributed by atoms with Crippen LogP contribution in [0.3, 0.4) is 0 Å². The Morgan fingerprint density at radius 1 is 1.50 bits per heavy atom. The van der Waals surface area contributed by atoms with Crippen molar-refractivity contribution in [1.29, 1.82) is 0 Å². The Morgan fingerprint density at radius 3 is 3.09 bits per heavy atom. The van der Waals surface area contributed by atoms with Crippen LogP contribution in [0.4, 0.5) is 0 Å². The van der Waals surface area contributed by atoms with Gasteiger partial charge in [0.05, 0.1) is 18.4 Å². The fourth-order valence-corrected chi connectivity index (χ4v) is 3.02. The van der Waals surface area contributed by atoms with Gasteiger partial charge in [0.2, 0.25) is 5.91 Å². The van der Waals surface area contributed by atoms with Gasteiger partial charge in [0, 0.05) is 6.04 Å². The molecule has 0 bridgehead atoms. The zero-order valence-corrected chi connectivity index (χ0v) is 12.7. The normalized spacial score (nSPS) is 21.2. The molecule has 1 fully saturated rings. The number of nitrogens with one attached hydrogen (secondary N) is 1. The summed E-state index contributed by atoms with van der Waals surface area (Å²) in [6, 6.07) is 3.74. The van der Waals surface area contributed by atoms with Gasteiger partial charge in [-0.1, -0.05) is 6.42 Å². The molecule has 1 saturated carbocycles. The van der Waals surface area contributed by atoms with Crippen LogP contribution in [0.2, 0.25) is 0 Å². The number of nitrogens with two attached hydrogens (primary N) is 1. The van der Waals surface area contributed by atoms with Crippen LogP contribution in [0.5, 0.6) is 0 Å². The van der Waals surface area contributed by atoms with Gasteiger partial charge in [0.15, 0.2) is 5.76 Å². The molecule has 1 aliphatic rings. The van der Waals surface area contributed by atoms with Gasteiger partial charge in [-0.3, -0.25) is 4.79 Å². The molecule has 2 atom stereocenters. The maximum atomic E-state index is 12.2. The minimum atomic E-state index is -0.0345. The lowest BCUT2D eigenvalue weighted by molar-refractivity contribution is -0.121. The standard InChI is InChI=1S/C16H21N3O3/c1-10-13(19-16(22-10)14-6-3-7-21-14)8-15(20)18-12-5-2-4-11(12)9-17/h3,6-7,11-12H,2,4-5,8-9,17H2,1H3,(H,18,20). The van der Waals surface area contributed by atoms with Crippen molar-refractivity contribution in [3.05, 3.63) is 29.9 Å². The molecule has 22 heavy (non-hydrogen) atoms. The number of furan rings is 1. The summed E-state index contributed by atoms with van der Waals surface area (Å²) < 4.78 is 10.8. The smallest absolute Gasteiger partial charge is 0.263 e. The van der Waals surface area contributed by atoms with Gasteiger partial charge >= 0.3 is 0 Å². The van der Waals surface area contributed by atoms with Crippen molar-refractivity contribution in [2.45, 2.75) is 38.6 Å². The van der Waals surface area contributed by atoms with E-state index in [9.17, 15) is 4.79 Å². The molecule has 1 amide bonds. The molecule has 0 aromatic carbocycles. The van der Waals surface area contributed by atoms with Crippen LogP contribution in [0.15, 0.2) is 27.2 Å². The zero-order chi connectivity index (χ0) is 15.5. The lowest BCUT2D eigenvalue weighted by Gasteiger charge is -2.19. The molecule has 2 aromatic heterocycles. The first-order chi connectivity index (χ1) is 10.7. The minimum Gasteiger partial charge on any atom is -0.459 e. The summed E-state index contributed by atoms with van der Waals surface area (Å²) in [5.41, 5.74) is 6.39. The zero-order valence-electron chi connectivity index (χ0n) is 12.7. The van der Waals surface area contributed by atoms with Crippen molar-refractivity contribution in [2.24, 2.45) is 11.7 Å². The Bertz CT molecular complexity index is 633. The van der Waals surface area contributed by atoms with Crippen molar-refractivity contribution in [2.75, 3.05) is 6.54 Å². The maximum absolute atomic E-state index is 12.2. The predicted molar refractivity (Wildman–Crippen MR) is 81.0 cm³/mol. The van der Waals surface area contributed by atoms with E-state index in [2.05, 4.69) is 10.3 Å². The number of rotatable bonds is 5. The summed E-state index contributed by atoms with van der Waals surface area (Å²) in [4.78, 5) is 16.6. The summed E-state index contributed by atoms with van der Waals surface area (Å²) in [5.74, 6) is 1.97. The van der Waals surface area contributed by atoms with Crippen molar-refractivity contribution in [3.63, 3.8) is 0 Å². The monoisotopic (exact) mass is 303 g/mol. The third-order valence-corrected chi connectivity index (χ3v) is 4.26. The second kappa shape index (κ2) is 6.36. The van der Waals surface area contributed by atoms with E-state index in [1.54, 1.807) is 25.3 Å². The Balaban J connectivity index is 1.64. The summed E-state index contributed by atoms with van der Waals surface area (Å²) in [7, 11) is 0. The van der Waals surface area contributed by atoms with Crippen LogP contribution in [0.1, 0.15) is 30.7 Å². The van der Waals surface area contributed by atoms with E-state index >= 15 is 0 Å². The van der Waals surface area contributed by atoms with E-state index < -0.39 is 0 Å². The Hall–Kier alpha value is -2.08. The van der Waals surface area contributed by atoms with Crippen molar-refractivity contribution >= 4 is 5.91 Å². The first-order valence-electron chi connectivity index (χ1n) is 7.67. The predicted octanol–water partition coefficient (Wildman–Crippen LogP) is 2.03. The van der Waals surface area contributed by atoms with Crippen molar-refractivity contribution in [3.8, 4) is 11.7 Å². The Labute approximate surface area is 129 Å². The average Bonchev–Trinajstić information content (AvgIpc) is 3.21. The fraction of sp³-hybridized carbons (Fsp3) is 0.500. The van der Waals surface area contributed by atoms with E-state index in [0.717, 1.165) is 19.3 Å². The van der Waals surface area contributed by atoms with Crippen LogP contribution in [-0.4, -0.2) is 23.5 Å². The number of hydrogen-bond acceptors (Lipinski definition) is 5. The highest BCUT2D eigenvalue weighted by Crippen LogP contribution is 2.25. The number of hydrogen-bond donors (Lipinski definition) is 2. The van der Waals surface area contributed by atoms with Crippen LogP contribution >= 0.6 is 0 Å². The summed E-state index contributed by atoms with van der Waals surface area (Å²) in [5, 5.41) is 3.08. The molecule has 118 valence electrons. The number of aryl methyl sites for hydroxylation is 1. The molecule has 2 aromatic rings. The van der Waals surface area contributed by atoms with E-state index in [0.29, 0.717) is 35.6 Å². The molecule has 1 aliphatic carbocycles. The average molecular weight is 303 g/mol. The molecule has 3 rings (SSSR count). The van der Waals surface area contributed by atoms with Crippen LogP contribution in [0, 0.1) is 12.8 Å². The van der Waals surface area contributed by atoms with E-state index in [4.69, 9.17) is 14.6 Å². The van der Waals surface area contributed by atoms with E-state index in [1.165, 1.54) is 0 Å². The quantitative estimate of drug-likeness (QED) is 0.881. The second-order valence-electron chi connectivity index (χ2n) is 5.78. The largest absolute Gasteiger partial charge is 0.459 e. The highest BCUT2D eigenvalue weighted by Gasteiger charge is 2.27. The molecular formula is C16H21N3O3. The molecule has 0 spiro atoms. The van der Waals surface area contributed by atoms with Gasteiger partial charge in [0.1, 0.15) is 5.76 Å². The molecule has 0 radical (unpaired) electrons. The summed E-state index contributed by atoms with van der Waals surface area (Å²) >= 11 is 0. The number of aromatic nitrogens is 1. The number of nitrogens with zero attached hydrogens (tertiary/aromatic N) is 1. The molecule has 3 N–H and O–H groups in total. The Kier molecular flexibility index (Phi) is 4.29. The maximum Gasteiger partial charge on any atom is 0.263 e. The lowest BCUT2D eigenvalue weighted by Crippen LogP contribution is -2.40. The second-order valence-corrected chi connectivity index (χ2v) is 5.78. The molecule has 2 heterocycles. The van der Waals surface area contributed by atoms with E-state index in [1.807, 2.05) is 0 Å². The third kappa shape index (κ3) is 3.06. The van der Waals surface area contributed by atoms with E-state index in [-0.39, 0.29) is 18.4 Å². The van der Waals surface area contributed by atoms with Crippen molar-refractivity contribution < 1.29 is 13.6 Å². The van der Waals surface area contributed by atoms with Crippen LogP contribution in [0.25, 0.3) is 11.7 Å². The summed E-state index contributed by atoms with van der Waals surface area (Å²) in [6.45, 7) is 2.43. The molecular weight excluding hydrogens is 282 g/mol. The van der Waals surface area contributed by atoms with Gasteiger partial charge < -0.3 is 19.9 Å². The van der Waals surface area contributed by atoms with Crippen molar-refractivity contribution in [1.82, 2.24) is 10.3 Å². The van der Waals surface area contributed by atoms with Crippen LogP contribution in [-0.2, 0) is 11.2 Å². The van der Waals surface area contributed by atoms with Gasteiger partial charge in [-0.05, 0) is 44.4 Å². The topological polar surface area (TPSA) is 94.3 Å². The number of carbonyl (C=O) groups excluding carboxylic acids is 1. The molecule has 6 heteroatoms. The lowest BCUT2D eigenvalue weighted by atomic mass is 10.0. The third-order valence-electron chi connectivity index (χ3n) is 4.26. The number of amides is 1. The van der Waals surface area contributed by atoms with Crippen LogP contribution < -0.4 is 11.1 Å². The molecule has 6 nitrogen and oxygen atoms in total. The SMILES string of the molecule is Cc1oc(-c2ccco2)nc1CC(=O)NC1CCCC1CN. The number of oxazole rings is 1. The van der Waals surface area contributed by atoms with Gasteiger partial charge in [0.25, 0.3) is 5.89 Å². The minimum absolute atomic E-state index is 0.0345. The summed E-state index contributed by atoms with van der Waals surface area (Å²) in [6.07, 6.45) is 4.99. The highest BCUT2D eigenvalue weighted by atomic mass is 16.4. The Morgan fingerprint density at radius 2 is 2.36 bits per heavy atom. The molecule has 0 saturated heterocycles. The van der Waals surface area contributed by atoms with Gasteiger partial charge in [-0.15, -0.1) is 0 Å². The molecule has 0 aliphatic heterocycles. The van der Waals surface area contributed by atoms with Gasteiger partial charge in [-0.25, -0.2) is 4.98 Å². The fourth-order valence-electron chi connectivity index (χ4n) is 3.02. The first kappa shape index (κ1) is 14.8. The molecule has 2 unspecified atom stereocenters. The van der Waals surface area contributed by atoms with Gasteiger partial charge in [-0.2, -0.15) is 0 Å². The number of carbonyl (C=O) groups is 1. The first-order valence-corrected chi connectivity index (χ1v) is 7.67.